The van der Waals surface area contributed by atoms with Crippen molar-refractivity contribution in [3.05, 3.63) is 36.4 Å². The second kappa shape index (κ2) is 3.83. The first kappa shape index (κ1) is 9.26. The number of aromatic amines is 1. The van der Waals surface area contributed by atoms with E-state index in [-0.39, 0.29) is 5.88 Å². The fraction of sp³-hybridized carbons (Fsp3) is 0. The monoisotopic (exact) mass is 204 g/mol. The van der Waals surface area contributed by atoms with Crippen molar-refractivity contribution in [2.24, 2.45) is 0 Å². The van der Waals surface area contributed by atoms with Crippen molar-refractivity contribution in [1.29, 1.82) is 0 Å². The van der Waals surface area contributed by atoms with Crippen LogP contribution in [0.4, 0.5) is 4.79 Å². The summed E-state index contributed by atoms with van der Waals surface area (Å²) >= 11 is 0. The molecule has 76 valence electrons. The first-order valence-electron chi connectivity index (χ1n) is 4.27. The molecule has 2 rings (SSSR count). The van der Waals surface area contributed by atoms with Crippen molar-refractivity contribution < 1.29 is 14.6 Å². The number of aromatic nitrogens is 2. The highest BCUT2D eigenvalue weighted by molar-refractivity contribution is 5.63. The summed E-state index contributed by atoms with van der Waals surface area (Å²) in [5.74, 6) is 0.0429. The molecule has 5 nitrogen and oxygen atoms in total. The number of rotatable bonds is 2. The molecule has 1 aromatic heterocycles. The Kier molecular flexibility index (Phi) is 2.37. The second-order valence-electron chi connectivity index (χ2n) is 2.85. The van der Waals surface area contributed by atoms with Gasteiger partial charge < -0.3 is 9.84 Å². The SMILES string of the molecule is O=C(O)Oc1cc(-c2ccccc2)[nH]n1. The summed E-state index contributed by atoms with van der Waals surface area (Å²) in [5.41, 5.74) is 1.64. The Morgan fingerprint density at radius 1 is 1.33 bits per heavy atom. The van der Waals surface area contributed by atoms with E-state index in [1.165, 1.54) is 6.07 Å². The first-order chi connectivity index (χ1) is 7.25. The highest BCUT2D eigenvalue weighted by Gasteiger charge is 2.06. The van der Waals surface area contributed by atoms with Crippen LogP contribution in [0.2, 0.25) is 0 Å². The molecule has 1 aromatic carbocycles. The van der Waals surface area contributed by atoms with E-state index in [9.17, 15) is 4.79 Å². The van der Waals surface area contributed by atoms with Gasteiger partial charge in [0.2, 0.25) is 5.88 Å². The predicted octanol–water partition coefficient (Wildman–Crippen LogP) is 2.13. The van der Waals surface area contributed by atoms with Crippen molar-refractivity contribution in [2.45, 2.75) is 0 Å². The fourth-order valence-electron chi connectivity index (χ4n) is 1.21. The van der Waals surface area contributed by atoms with Gasteiger partial charge in [0.15, 0.2) is 0 Å². The minimum atomic E-state index is -1.37. The summed E-state index contributed by atoms with van der Waals surface area (Å²) in [7, 11) is 0. The maximum absolute atomic E-state index is 10.2. The number of nitrogens with zero attached hydrogens (tertiary/aromatic N) is 1. The van der Waals surface area contributed by atoms with Gasteiger partial charge in [-0.25, -0.2) is 4.79 Å². The van der Waals surface area contributed by atoms with Crippen LogP contribution in [0, 0.1) is 0 Å². The van der Waals surface area contributed by atoms with Gasteiger partial charge in [-0.1, -0.05) is 30.3 Å². The maximum Gasteiger partial charge on any atom is 0.512 e. The summed E-state index contributed by atoms with van der Waals surface area (Å²) in [6.07, 6.45) is -1.37. The number of hydrogen-bond donors (Lipinski definition) is 2. The molecule has 0 amide bonds. The summed E-state index contributed by atoms with van der Waals surface area (Å²) in [4.78, 5) is 10.2. The van der Waals surface area contributed by atoms with Gasteiger partial charge >= 0.3 is 6.16 Å². The highest BCUT2D eigenvalue weighted by atomic mass is 16.7. The molecule has 0 aliphatic carbocycles. The van der Waals surface area contributed by atoms with Crippen LogP contribution >= 0.6 is 0 Å². The molecule has 0 bridgehead atoms. The minimum absolute atomic E-state index is 0.0429. The van der Waals surface area contributed by atoms with Gasteiger partial charge in [0, 0.05) is 6.07 Å². The van der Waals surface area contributed by atoms with Crippen LogP contribution in [0.5, 0.6) is 5.88 Å². The van der Waals surface area contributed by atoms with E-state index in [1.807, 2.05) is 30.3 Å². The molecule has 0 saturated heterocycles. The number of H-pyrrole nitrogens is 1. The molecule has 15 heavy (non-hydrogen) atoms. The van der Waals surface area contributed by atoms with E-state index < -0.39 is 6.16 Å². The van der Waals surface area contributed by atoms with E-state index in [4.69, 9.17) is 5.11 Å². The molecule has 0 spiro atoms. The normalized spacial score (nSPS) is 9.87. The smallest absolute Gasteiger partial charge is 0.449 e. The van der Waals surface area contributed by atoms with Crippen LogP contribution in [0.1, 0.15) is 0 Å². The summed E-state index contributed by atoms with van der Waals surface area (Å²) in [6, 6.07) is 11.0. The van der Waals surface area contributed by atoms with Crippen molar-refractivity contribution in [2.75, 3.05) is 0 Å². The number of carbonyl (C=O) groups is 1. The zero-order chi connectivity index (χ0) is 10.7. The fourth-order valence-corrected chi connectivity index (χ4v) is 1.21. The average molecular weight is 204 g/mol. The van der Waals surface area contributed by atoms with Gasteiger partial charge in [0.1, 0.15) is 0 Å². The Bertz CT molecular complexity index is 465. The van der Waals surface area contributed by atoms with Crippen molar-refractivity contribution in [3.63, 3.8) is 0 Å². The molecule has 2 aromatic rings. The topological polar surface area (TPSA) is 75.2 Å². The van der Waals surface area contributed by atoms with E-state index in [0.29, 0.717) is 5.69 Å². The lowest BCUT2D eigenvalue weighted by molar-refractivity contribution is 0.142. The molecule has 0 radical (unpaired) electrons. The third-order valence-electron chi connectivity index (χ3n) is 1.83. The molecule has 5 heteroatoms. The van der Waals surface area contributed by atoms with Crippen LogP contribution in [-0.4, -0.2) is 21.5 Å². The summed E-state index contributed by atoms with van der Waals surface area (Å²) < 4.78 is 4.39. The molecular formula is C10H8N2O3. The van der Waals surface area contributed by atoms with Gasteiger partial charge in [-0.3, -0.25) is 5.10 Å². The number of benzene rings is 1. The molecule has 0 atom stereocenters. The Labute approximate surface area is 85.3 Å². The average Bonchev–Trinajstić information content (AvgIpc) is 2.67. The van der Waals surface area contributed by atoms with Crippen molar-refractivity contribution in [1.82, 2.24) is 10.2 Å². The molecule has 0 saturated carbocycles. The number of hydrogen-bond acceptors (Lipinski definition) is 3. The molecule has 0 unspecified atom stereocenters. The Hall–Kier alpha value is -2.30. The molecular weight excluding hydrogens is 196 g/mol. The number of carboxylic acid groups (broad SMARTS) is 1. The summed E-state index contributed by atoms with van der Waals surface area (Å²) in [6.45, 7) is 0. The Morgan fingerprint density at radius 3 is 2.73 bits per heavy atom. The third kappa shape index (κ3) is 2.14. The Balaban J connectivity index is 2.24. The summed E-state index contributed by atoms with van der Waals surface area (Å²) in [5, 5.41) is 14.8. The largest absolute Gasteiger partial charge is 0.512 e. The number of nitrogens with one attached hydrogen (secondary N) is 1. The van der Waals surface area contributed by atoms with Gasteiger partial charge in [0.05, 0.1) is 5.69 Å². The molecule has 0 fully saturated rings. The quantitative estimate of drug-likeness (QED) is 0.735. The van der Waals surface area contributed by atoms with Crippen LogP contribution < -0.4 is 4.74 Å². The second-order valence-corrected chi connectivity index (χ2v) is 2.85. The van der Waals surface area contributed by atoms with Crippen LogP contribution in [0.25, 0.3) is 11.3 Å². The highest BCUT2D eigenvalue weighted by Crippen LogP contribution is 2.20. The van der Waals surface area contributed by atoms with Crippen LogP contribution in [0.3, 0.4) is 0 Å². The van der Waals surface area contributed by atoms with Gasteiger partial charge in [0.25, 0.3) is 0 Å². The first-order valence-corrected chi connectivity index (χ1v) is 4.27. The third-order valence-corrected chi connectivity index (χ3v) is 1.83. The van der Waals surface area contributed by atoms with E-state index in [0.717, 1.165) is 5.56 Å². The molecule has 1 heterocycles. The lowest BCUT2D eigenvalue weighted by Gasteiger charge is -1.93. The zero-order valence-electron chi connectivity index (χ0n) is 7.68. The van der Waals surface area contributed by atoms with Crippen molar-refractivity contribution >= 4 is 6.16 Å². The molecule has 0 aliphatic rings. The van der Waals surface area contributed by atoms with Crippen LogP contribution in [0.15, 0.2) is 36.4 Å². The molecule has 0 aliphatic heterocycles. The van der Waals surface area contributed by atoms with Crippen LogP contribution in [-0.2, 0) is 0 Å². The van der Waals surface area contributed by atoms with Gasteiger partial charge in [-0.2, -0.15) is 0 Å². The van der Waals surface area contributed by atoms with Gasteiger partial charge in [-0.15, -0.1) is 5.10 Å². The van der Waals surface area contributed by atoms with Crippen molar-refractivity contribution in [3.8, 4) is 17.1 Å². The van der Waals surface area contributed by atoms with E-state index in [1.54, 1.807) is 0 Å². The maximum atomic E-state index is 10.2. The van der Waals surface area contributed by atoms with Gasteiger partial charge in [-0.05, 0) is 5.56 Å². The van der Waals surface area contributed by atoms with E-state index in [2.05, 4.69) is 14.9 Å². The lowest BCUT2D eigenvalue weighted by Crippen LogP contribution is -2.02. The Morgan fingerprint density at radius 2 is 2.07 bits per heavy atom. The predicted molar refractivity (Wildman–Crippen MR) is 52.7 cm³/mol. The minimum Gasteiger partial charge on any atom is -0.449 e. The number of ether oxygens (including phenoxy) is 1. The lowest BCUT2D eigenvalue weighted by atomic mass is 10.2. The molecule has 2 N–H and O–H groups in total. The van der Waals surface area contributed by atoms with E-state index >= 15 is 0 Å². The zero-order valence-corrected chi connectivity index (χ0v) is 7.68. The standard InChI is InChI=1S/C10H8N2O3/c13-10(14)15-9-6-8(11-12-9)7-4-2-1-3-5-7/h1-6H,(H,11,12)(H,13,14).